The summed E-state index contributed by atoms with van der Waals surface area (Å²) in [5, 5.41) is 3.57. The van der Waals surface area contributed by atoms with Crippen LogP contribution in [0.4, 0.5) is 5.69 Å². The fourth-order valence-electron chi connectivity index (χ4n) is 1.00. The summed E-state index contributed by atoms with van der Waals surface area (Å²) in [5.41, 5.74) is 0.207. The second-order valence-corrected chi connectivity index (χ2v) is 3.95. The van der Waals surface area contributed by atoms with E-state index in [2.05, 4.69) is 20.1 Å². The van der Waals surface area contributed by atoms with E-state index in [1.54, 1.807) is 6.92 Å². The number of aromatic nitrogens is 2. The number of nitrogens with one attached hydrogen (secondary N) is 2. The molecule has 2 N–H and O–H groups in total. The summed E-state index contributed by atoms with van der Waals surface area (Å²) in [5.74, 6) is 0.830. The van der Waals surface area contributed by atoms with Gasteiger partial charge in [0, 0.05) is 12.3 Å². The monoisotopic (exact) mass is 224 g/mol. The number of aryl methyl sites for hydroxylation is 1. The Bertz CT molecular complexity index is 435. The highest BCUT2D eigenvalue weighted by Crippen LogP contribution is 2.15. The van der Waals surface area contributed by atoms with Gasteiger partial charge in [0.05, 0.1) is 12.3 Å². The van der Waals surface area contributed by atoms with Crippen LogP contribution >= 0.6 is 11.8 Å². The lowest BCUT2D eigenvalue weighted by molar-refractivity contribution is 0.863. The molecular formula is C9H12N4OS. The second-order valence-electron chi connectivity index (χ2n) is 2.87. The van der Waals surface area contributed by atoms with Crippen LogP contribution in [0, 0.1) is 13.5 Å². The normalized spacial score (nSPS) is 9.93. The maximum Gasteiger partial charge on any atom is 0.271 e. The molecule has 0 aromatic carbocycles. The molecule has 5 nitrogen and oxygen atoms in total. The van der Waals surface area contributed by atoms with E-state index in [4.69, 9.17) is 6.57 Å². The molecular weight excluding hydrogens is 212 g/mol. The van der Waals surface area contributed by atoms with Crippen LogP contribution in [0.15, 0.2) is 9.95 Å². The van der Waals surface area contributed by atoms with Crippen LogP contribution in [0.1, 0.15) is 5.69 Å². The summed E-state index contributed by atoms with van der Waals surface area (Å²) < 4.78 is 0. The third kappa shape index (κ3) is 3.08. The van der Waals surface area contributed by atoms with Gasteiger partial charge in [-0.05, 0) is 14.0 Å². The predicted octanol–water partition coefficient (Wildman–Crippen LogP) is 0.941. The van der Waals surface area contributed by atoms with Gasteiger partial charge in [-0.1, -0.05) is 11.8 Å². The number of nitrogens with zero attached hydrogens (tertiary/aromatic N) is 2. The molecule has 0 radical (unpaired) electrons. The Labute approximate surface area is 92.1 Å². The van der Waals surface area contributed by atoms with Crippen molar-refractivity contribution < 1.29 is 0 Å². The molecule has 0 fully saturated rings. The summed E-state index contributed by atoms with van der Waals surface area (Å²) in [6, 6.07) is 0. The molecule has 0 aliphatic carbocycles. The van der Waals surface area contributed by atoms with Gasteiger partial charge in [0.1, 0.15) is 0 Å². The minimum absolute atomic E-state index is 0.0768. The van der Waals surface area contributed by atoms with E-state index in [-0.39, 0.29) is 11.2 Å². The lowest BCUT2D eigenvalue weighted by atomic mass is 10.4. The number of thioether (sulfide) groups is 1. The standard InChI is InChI=1S/C9H12N4OS/c1-6-7(11-3)8(14)13-9(12-6)15-5-4-10-2/h10H,4-5H2,1-2H3,(H,12,13,14). The average molecular weight is 224 g/mol. The molecule has 15 heavy (non-hydrogen) atoms. The summed E-state index contributed by atoms with van der Waals surface area (Å²) in [6.45, 7) is 9.33. The highest BCUT2D eigenvalue weighted by atomic mass is 32.2. The van der Waals surface area contributed by atoms with Crippen molar-refractivity contribution in [3.8, 4) is 0 Å². The van der Waals surface area contributed by atoms with Gasteiger partial charge in [0.15, 0.2) is 5.16 Å². The third-order valence-electron chi connectivity index (χ3n) is 1.75. The fraction of sp³-hybridized carbons (Fsp3) is 0.444. The van der Waals surface area contributed by atoms with Crippen molar-refractivity contribution in [1.29, 1.82) is 0 Å². The van der Waals surface area contributed by atoms with Crippen molar-refractivity contribution in [2.75, 3.05) is 19.3 Å². The molecule has 0 aliphatic heterocycles. The first-order valence-electron chi connectivity index (χ1n) is 4.44. The summed E-state index contributed by atoms with van der Waals surface area (Å²) in [4.78, 5) is 21.2. The van der Waals surface area contributed by atoms with E-state index >= 15 is 0 Å². The topological polar surface area (TPSA) is 62.1 Å². The van der Waals surface area contributed by atoms with Gasteiger partial charge >= 0.3 is 0 Å². The van der Waals surface area contributed by atoms with E-state index in [1.165, 1.54) is 11.8 Å². The van der Waals surface area contributed by atoms with Crippen LogP contribution in [0.3, 0.4) is 0 Å². The Balaban J connectivity index is 2.86. The van der Waals surface area contributed by atoms with Crippen molar-refractivity contribution in [3.05, 3.63) is 27.5 Å². The number of aromatic amines is 1. The molecule has 0 saturated carbocycles. The lowest BCUT2D eigenvalue weighted by Crippen LogP contribution is -2.12. The fourth-order valence-corrected chi connectivity index (χ4v) is 1.87. The first-order chi connectivity index (χ1) is 7.19. The number of rotatable bonds is 4. The Morgan fingerprint density at radius 1 is 1.67 bits per heavy atom. The van der Waals surface area contributed by atoms with Crippen LogP contribution in [0.5, 0.6) is 0 Å². The second kappa shape index (κ2) is 5.53. The van der Waals surface area contributed by atoms with E-state index in [1.807, 2.05) is 7.05 Å². The number of hydrogen-bond donors (Lipinski definition) is 2. The van der Waals surface area contributed by atoms with E-state index in [0.29, 0.717) is 10.9 Å². The molecule has 0 spiro atoms. The highest BCUT2D eigenvalue weighted by molar-refractivity contribution is 7.99. The minimum Gasteiger partial charge on any atom is -0.319 e. The largest absolute Gasteiger partial charge is 0.319 e. The zero-order valence-electron chi connectivity index (χ0n) is 8.63. The SMILES string of the molecule is [C-]#[N+]c1c(C)nc(SCCNC)[nH]c1=O. The molecule has 0 unspecified atom stereocenters. The molecule has 0 saturated heterocycles. The minimum atomic E-state index is -0.357. The van der Waals surface area contributed by atoms with Crippen molar-refractivity contribution >= 4 is 17.4 Å². The van der Waals surface area contributed by atoms with Gasteiger partial charge in [0.2, 0.25) is 0 Å². The van der Waals surface area contributed by atoms with Crippen molar-refractivity contribution in [3.63, 3.8) is 0 Å². The molecule has 80 valence electrons. The van der Waals surface area contributed by atoms with Gasteiger partial charge in [-0.15, -0.1) is 0 Å². The molecule has 1 aromatic heterocycles. The average Bonchev–Trinajstić information content (AvgIpc) is 2.18. The Kier molecular flexibility index (Phi) is 4.34. The first kappa shape index (κ1) is 11.8. The highest BCUT2D eigenvalue weighted by Gasteiger charge is 2.07. The van der Waals surface area contributed by atoms with Crippen molar-refractivity contribution in [1.82, 2.24) is 15.3 Å². The van der Waals surface area contributed by atoms with Gasteiger partial charge in [0.25, 0.3) is 11.2 Å². The van der Waals surface area contributed by atoms with Gasteiger partial charge in [-0.3, -0.25) is 4.79 Å². The zero-order valence-corrected chi connectivity index (χ0v) is 9.44. The quantitative estimate of drug-likeness (QED) is 0.346. The summed E-state index contributed by atoms with van der Waals surface area (Å²) in [6.07, 6.45) is 0. The maximum absolute atomic E-state index is 11.4. The maximum atomic E-state index is 11.4. The van der Waals surface area contributed by atoms with Crippen molar-refractivity contribution in [2.45, 2.75) is 12.1 Å². The van der Waals surface area contributed by atoms with E-state index in [0.717, 1.165) is 12.3 Å². The third-order valence-corrected chi connectivity index (χ3v) is 2.63. The van der Waals surface area contributed by atoms with Crippen LogP contribution in [-0.4, -0.2) is 29.3 Å². The zero-order chi connectivity index (χ0) is 11.3. The first-order valence-corrected chi connectivity index (χ1v) is 5.43. The molecule has 1 heterocycles. The smallest absolute Gasteiger partial charge is 0.271 e. The van der Waals surface area contributed by atoms with Gasteiger partial charge in [-0.2, -0.15) is 0 Å². The van der Waals surface area contributed by atoms with Crippen molar-refractivity contribution in [2.24, 2.45) is 0 Å². The van der Waals surface area contributed by atoms with E-state index < -0.39 is 0 Å². The molecule has 6 heteroatoms. The summed E-state index contributed by atoms with van der Waals surface area (Å²) in [7, 11) is 1.87. The Morgan fingerprint density at radius 3 is 2.93 bits per heavy atom. The molecule has 1 aromatic rings. The number of hydrogen-bond acceptors (Lipinski definition) is 4. The Morgan fingerprint density at radius 2 is 2.40 bits per heavy atom. The summed E-state index contributed by atoms with van der Waals surface area (Å²) >= 11 is 1.46. The van der Waals surface area contributed by atoms with Gasteiger partial charge in [-0.25, -0.2) is 9.83 Å². The predicted molar refractivity (Wildman–Crippen MR) is 60.5 cm³/mol. The molecule has 0 atom stereocenters. The van der Waals surface area contributed by atoms with Gasteiger partial charge < -0.3 is 10.3 Å². The Hall–Kier alpha value is -1.32. The van der Waals surface area contributed by atoms with Crippen LogP contribution in [0.2, 0.25) is 0 Å². The molecule has 0 bridgehead atoms. The molecule has 0 aliphatic rings. The number of H-pyrrole nitrogens is 1. The van der Waals surface area contributed by atoms with Crippen LogP contribution in [-0.2, 0) is 0 Å². The molecule has 1 rings (SSSR count). The van der Waals surface area contributed by atoms with E-state index in [9.17, 15) is 4.79 Å². The lowest BCUT2D eigenvalue weighted by Gasteiger charge is -2.02. The van der Waals surface area contributed by atoms with Crippen LogP contribution in [0.25, 0.3) is 4.85 Å². The van der Waals surface area contributed by atoms with Crippen LogP contribution < -0.4 is 10.9 Å². The molecule has 0 amide bonds.